The van der Waals surface area contributed by atoms with Gasteiger partial charge in [-0.3, -0.25) is 4.79 Å². The summed E-state index contributed by atoms with van der Waals surface area (Å²) in [5, 5.41) is 7.20. The van der Waals surface area contributed by atoms with Crippen LogP contribution in [0.1, 0.15) is 29.2 Å². The molecule has 6 nitrogen and oxygen atoms in total. The van der Waals surface area contributed by atoms with Gasteiger partial charge in [0.25, 0.3) is 5.91 Å². The summed E-state index contributed by atoms with van der Waals surface area (Å²) in [5.74, 6) is -1.11. The Bertz CT molecular complexity index is 716. The zero-order valence-corrected chi connectivity index (χ0v) is 14.6. The van der Waals surface area contributed by atoms with Crippen molar-refractivity contribution >= 4 is 52.3 Å². The number of anilines is 1. The van der Waals surface area contributed by atoms with Crippen LogP contribution in [0, 0.1) is 0 Å². The number of carbonyl (C=O) groups excluding carboxylic acids is 2. The van der Waals surface area contributed by atoms with Gasteiger partial charge in [0.2, 0.25) is 0 Å². The highest BCUT2D eigenvalue weighted by atomic mass is 35.5. The maximum Gasteiger partial charge on any atom is 0.352 e. The van der Waals surface area contributed by atoms with Gasteiger partial charge in [-0.25, -0.2) is 4.79 Å². The van der Waals surface area contributed by atoms with Crippen LogP contribution in [0.3, 0.4) is 0 Å². The Hall–Kier alpha value is -1.70. The van der Waals surface area contributed by atoms with Gasteiger partial charge >= 0.3 is 5.97 Å². The van der Waals surface area contributed by atoms with Gasteiger partial charge in [-0.2, -0.15) is 0 Å². The summed E-state index contributed by atoms with van der Waals surface area (Å²) in [4.78, 5) is 24.4. The van der Waals surface area contributed by atoms with E-state index in [0.717, 1.165) is 11.5 Å². The van der Waals surface area contributed by atoms with Gasteiger partial charge in [0.05, 0.1) is 5.69 Å². The van der Waals surface area contributed by atoms with Crippen LogP contribution in [0.4, 0.5) is 5.69 Å². The fourth-order valence-corrected chi connectivity index (χ4v) is 2.89. The summed E-state index contributed by atoms with van der Waals surface area (Å²) in [6.07, 6.45) is -0.435. The fourth-order valence-electron chi connectivity index (χ4n) is 1.73. The first-order valence-corrected chi connectivity index (χ1v) is 8.22. The van der Waals surface area contributed by atoms with Crippen LogP contribution in [0.5, 0.6) is 0 Å². The van der Waals surface area contributed by atoms with Crippen molar-refractivity contribution in [2.24, 2.45) is 0 Å². The van der Waals surface area contributed by atoms with Gasteiger partial charge in [-0.1, -0.05) is 34.6 Å². The van der Waals surface area contributed by atoms with Crippen LogP contribution in [-0.4, -0.2) is 27.6 Å². The second-order valence-corrected chi connectivity index (χ2v) is 6.22. The first kappa shape index (κ1) is 17.7. The molecule has 1 N–H and O–H groups in total. The summed E-state index contributed by atoms with van der Waals surface area (Å²) in [6, 6.07) is 4.63. The number of esters is 1. The lowest BCUT2D eigenvalue weighted by atomic mass is 10.3. The molecule has 23 heavy (non-hydrogen) atoms. The third kappa shape index (κ3) is 4.63. The number of carbonyl (C=O) groups is 2. The van der Waals surface area contributed by atoms with E-state index in [0.29, 0.717) is 32.7 Å². The number of rotatable bonds is 5. The molecule has 0 spiro atoms. The van der Waals surface area contributed by atoms with Crippen molar-refractivity contribution < 1.29 is 14.3 Å². The number of benzene rings is 1. The van der Waals surface area contributed by atoms with Crippen LogP contribution in [0.2, 0.25) is 10.0 Å². The van der Waals surface area contributed by atoms with Gasteiger partial charge in [0, 0.05) is 15.7 Å². The number of halogens is 2. The fraction of sp³-hybridized carbons (Fsp3) is 0.286. The zero-order valence-electron chi connectivity index (χ0n) is 12.3. The summed E-state index contributed by atoms with van der Waals surface area (Å²) in [6.45, 7) is 3.33. The number of hydrogen-bond donors (Lipinski definition) is 1. The lowest BCUT2D eigenvalue weighted by Gasteiger charge is -2.13. The molecular formula is C14H13Cl2N3O3S. The lowest BCUT2D eigenvalue weighted by molar-refractivity contribution is -0.123. The Morgan fingerprint density at radius 1 is 1.30 bits per heavy atom. The molecule has 1 atom stereocenters. The van der Waals surface area contributed by atoms with Crippen molar-refractivity contribution in [3.8, 4) is 0 Å². The maximum atomic E-state index is 12.1. The molecule has 0 radical (unpaired) electrons. The van der Waals surface area contributed by atoms with E-state index in [-0.39, 0.29) is 0 Å². The summed E-state index contributed by atoms with van der Waals surface area (Å²) < 4.78 is 8.86. The highest BCUT2D eigenvalue weighted by molar-refractivity contribution is 7.07. The van der Waals surface area contributed by atoms with Crippen molar-refractivity contribution in [3.63, 3.8) is 0 Å². The van der Waals surface area contributed by atoms with Crippen molar-refractivity contribution in [1.29, 1.82) is 0 Å². The van der Waals surface area contributed by atoms with Crippen molar-refractivity contribution in [3.05, 3.63) is 38.8 Å². The van der Waals surface area contributed by atoms with E-state index >= 15 is 0 Å². The van der Waals surface area contributed by atoms with E-state index in [1.807, 2.05) is 6.92 Å². The average molecular weight is 374 g/mol. The van der Waals surface area contributed by atoms with Crippen LogP contribution < -0.4 is 5.32 Å². The van der Waals surface area contributed by atoms with Crippen LogP contribution in [0.15, 0.2) is 18.2 Å². The number of ether oxygens (including phenoxy) is 1. The molecule has 0 aliphatic heterocycles. The van der Waals surface area contributed by atoms with Crippen molar-refractivity contribution in [2.75, 3.05) is 5.32 Å². The van der Waals surface area contributed by atoms with E-state index in [1.54, 1.807) is 18.2 Å². The molecule has 0 aliphatic carbocycles. The predicted octanol–water partition coefficient (Wildman–Crippen LogP) is 3.59. The second kappa shape index (κ2) is 7.72. The van der Waals surface area contributed by atoms with E-state index in [1.165, 1.54) is 6.92 Å². The molecule has 0 saturated carbocycles. The molecule has 2 aromatic rings. The predicted molar refractivity (Wildman–Crippen MR) is 89.3 cm³/mol. The highest BCUT2D eigenvalue weighted by Crippen LogP contribution is 2.22. The number of hydrogen-bond acceptors (Lipinski definition) is 6. The lowest BCUT2D eigenvalue weighted by Crippen LogP contribution is -2.30. The van der Waals surface area contributed by atoms with Crippen LogP contribution in [0.25, 0.3) is 0 Å². The normalized spacial score (nSPS) is 11.8. The van der Waals surface area contributed by atoms with Crippen molar-refractivity contribution in [2.45, 2.75) is 26.4 Å². The van der Waals surface area contributed by atoms with Crippen LogP contribution in [-0.2, 0) is 16.0 Å². The van der Waals surface area contributed by atoms with Gasteiger partial charge < -0.3 is 10.1 Å². The van der Waals surface area contributed by atoms with E-state index < -0.39 is 18.0 Å². The number of aromatic nitrogens is 2. The Morgan fingerprint density at radius 3 is 2.57 bits per heavy atom. The van der Waals surface area contributed by atoms with Gasteiger partial charge in [-0.15, -0.1) is 5.10 Å². The van der Waals surface area contributed by atoms with Crippen LogP contribution >= 0.6 is 34.7 Å². The smallest absolute Gasteiger partial charge is 0.352 e. The SMILES string of the molecule is CCc1nnsc1C(=O)O[C@H](C)C(=O)Nc1cc(Cl)cc(Cl)c1. The zero-order chi connectivity index (χ0) is 17.0. The minimum absolute atomic E-state index is 0.304. The molecule has 1 aromatic carbocycles. The molecule has 0 bridgehead atoms. The molecule has 1 amide bonds. The Labute approximate surface area is 146 Å². The standard InChI is InChI=1S/C14H13Cl2N3O3S/c1-3-11-12(23-19-18-11)14(21)22-7(2)13(20)17-10-5-8(15)4-9(16)6-10/h4-7H,3H2,1-2H3,(H,17,20)/t7-/m1/s1. The van der Waals surface area contributed by atoms with E-state index in [2.05, 4.69) is 14.9 Å². The molecule has 2 rings (SSSR count). The summed E-state index contributed by atoms with van der Waals surface area (Å²) in [5.41, 5.74) is 0.971. The molecule has 0 fully saturated rings. The molecule has 0 unspecified atom stereocenters. The summed E-state index contributed by atoms with van der Waals surface area (Å²) >= 11 is 12.7. The largest absolute Gasteiger partial charge is 0.448 e. The molecule has 9 heteroatoms. The molecule has 1 heterocycles. The van der Waals surface area contributed by atoms with Gasteiger partial charge in [0.15, 0.2) is 11.0 Å². The molecule has 1 aromatic heterocycles. The number of amides is 1. The minimum atomic E-state index is -0.993. The van der Waals surface area contributed by atoms with Gasteiger partial charge in [0.1, 0.15) is 0 Å². The Kier molecular flexibility index (Phi) is 5.92. The monoisotopic (exact) mass is 373 g/mol. The van der Waals surface area contributed by atoms with E-state index in [9.17, 15) is 9.59 Å². The topological polar surface area (TPSA) is 81.2 Å². The Balaban J connectivity index is 2.01. The first-order valence-electron chi connectivity index (χ1n) is 6.70. The molecule has 0 aliphatic rings. The first-order chi connectivity index (χ1) is 10.9. The number of nitrogens with one attached hydrogen (secondary N) is 1. The highest BCUT2D eigenvalue weighted by Gasteiger charge is 2.23. The third-order valence-corrected chi connectivity index (χ3v) is 4.04. The molecule has 122 valence electrons. The summed E-state index contributed by atoms with van der Waals surface area (Å²) in [7, 11) is 0. The second-order valence-electron chi connectivity index (χ2n) is 4.60. The van der Waals surface area contributed by atoms with E-state index in [4.69, 9.17) is 27.9 Å². The Morgan fingerprint density at radius 2 is 1.96 bits per heavy atom. The maximum absolute atomic E-state index is 12.1. The third-order valence-electron chi connectivity index (χ3n) is 2.86. The minimum Gasteiger partial charge on any atom is -0.448 e. The van der Waals surface area contributed by atoms with Gasteiger partial charge in [-0.05, 0) is 43.1 Å². The number of aryl methyl sites for hydroxylation is 1. The van der Waals surface area contributed by atoms with Crippen molar-refractivity contribution in [1.82, 2.24) is 9.59 Å². The molecule has 0 saturated heterocycles. The average Bonchev–Trinajstić information content (AvgIpc) is 2.94. The molecular weight excluding hydrogens is 361 g/mol. The quantitative estimate of drug-likeness (QED) is 0.809. The number of nitrogens with zero attached hydrogens (tertiary/aromatic N) is 2.